The highest BCUT2D eigenvalue weighted by Crippen LogP contribution is 2.28. The minimum atomic E-state index is -3.65. The average Bonchev–Trinajstić information content (AvgIpc) is 2.97. The van der Waals surface area contributed by atoms with Crippen LogP contribution in [0.25, 0.3) is 0 Å². The SMILES string of the molecule is NS(=O)(=O)c1cncc(NCC2CC2)c1. The zero-order valence-corrected chi connectivity index (χ0v) is 9.00. The van der Waals surface area contributed by atoms with Crippen molar-refractivity contribution in [3.05, 3.63) is 18.5 Å². The lowest BCUT2D eigenvalue weighted by Crippen LogP contribution is -2.13. The predicted molar refractivity (Wildman–Crippen MR) is 56.8 cm³/mol. The molecule has 1 fully saturated rings. The zero-order chi connectivity index (χ0) is 10.9. The first kappa shape index (κ1) is 10.4. The summed E-state index contributed by atoms with van der Waals surface area (Å²) in [6, 6.07) is 1.50. The van der Waals surface area contributed by atoms with Gasteiger partial charge in [0.25, 0.3) is 0 Å². The van der Waals surface area contributed by atoms with Crippen LogP contribution in [0.2, 0.25) is 0 Å². The number of aromatic nitrogens is 1. The third-order valence-electron chi connectivity index (χ3n) is 2.33. The minimum Gasteiger partial charge on any atom is -0.383 e. The monoisotopic (exact) mass is 227 g/mol. The number of hydrogen-bond donors (Lipinski definition) is 2. The van der Waals surface area contributed by atoms with Crippen molar-refractivity contribution in [3.63, 3.8) is 0 Å². The molecule has 1 aromatic rings. The Morgan fingerprint density at radius 3 is 2.80 bits per heavy atom. The largest absolute Gasteiger partial charge is 0.383 e. The maximum absolute atomic E-state index is 11.0. The summed E-state index contributed by atoms with van der Waals surface area (Å²) in [6.07, 6.45) is 5.33. The van der Waals surface area contributed by atoms with E-state index in [1.165, 1.54) is 25.1 Å². The first-order valence-corrected chi connectivity index (χ1v) is 6.32. The second kappa shape index (κ2) is 3.79. The number of hydrogen-bond acceptors (Lipinski definition) is 4. The Bertz CT molecular complexity index is 454. The van der Waals surface area contributed by atoms with Crippen molar-refractivity contribution in [1.82, 2.24) is 4.98 Å². The third kappa shape index (κ3) is 2.90. The molecular formula is C9H13N3O2S. The summed E-state index contributed by atoms with van der Waals surface area (Å²) in [5.41, 5.74) is 0.702. The van der Waals surface area contributed by atoms with Gasteiger partial charge in [0.2, 0.25) is 10.0 Å². The number of anilines is 1. The molecule has 2 rings (SSSR count). The average molecular weight is 227 g/mol. The number of nitrogens with two attached hydrogens (primary N) is 1. The Morgan fingerprint density at radius 2 is 2.20 bits per heavy atom. The smallest absolute Gasteiger partial charge is 0.239 e. The van der Waals surface area contributed by atoms with Gasteiger partial charge >= 0.3 is 0 Å². The van der Waals surface area contributed by atoms with Crippen molar-refractivity contribution in [3.8, 4) is 0 Å². The van der Waals surface area contributed by atoms with E-state index in [1.807, 2.05) is 0 Å². The number of nitrogens with one attached hydrogen (secondary N) is 1. The molecule has 0 atom stereocenters. The molecule has 1 aliphatic rings. The molecule has 0 spiro atoms. The fraction of sp³-hybridized carbons (Fsp3) is 0.444. The second-order valence-electron chi connectivity index (χ2n) is 3.78. The van der Waals surface area contributed by atoms with Gasteiger partial charge in [-0.3, -0.25) is 4.98 Å². The van der Waals surface area contributed by atoms with Crippen molar-refractivity contribution in [1.29, 1.82) is 0 Å². The standard InChI is InChI=1S/C9H13N3O2S/c10-15(13,14)9-3-8(5-11-6-9)12-4-7-1-2-7/h3,5-7,12H,1-2,4H2,(H2,10,13,14). The van der Waals surface area contributed by atoms with Crippen molar-refractivity contribution < 1.29 is 8.42 Å². The number of rotatable bonds is 4. The van der Waals surface area contributed by atoms with Crippen LogP contribution in [-0.4, -0.2) is 19.9 Å². The van der Waals surface area contributed by atoms with Crippen molar-refractivity contribution in [2.24, 2.45) is 11.1 Å². The molecule has 0 unspecified atom stereocenters. The highest BCUT2D eigenvalue weighted by molar-refractivity contribution is 7.89. The van der Waals surface area contributed by atoms with E-state index in [9.17, 15) is 8.42 Å². The Balaban J connectivity index is 2.11. The van der Waals surface area contributed by atoms with Crippen molar-refractivity contribution in [2.75, 3.05) is 11.9 Å². The zero-order valence-electron chi connectivity index (χ0n) is 8.18. The third-order valence-corrected chi connectivity index (χ3v) is 3.21. The molecule has 82 valence electrons. The molecule has 1 heterocycles. The maximum atomic E-state index is 11.0. The van der Waals surface area contributed by atoms with Crippen LogP contribution in [0, 0.1) is 5.92 Å². The summed E-state index contributed by atoms with van der Waals surface area (Å²) < 4.78 is 22.1. The van der Waals surface area contributed by atoms with Gasteiger partial charge in [0.05, 0.1) is 11.9 Å². The fourth-order valence-electron chi connectivity index (χ4n) is 1.26. The first-order chi connectivity index (χ1) is 7.05. The van der Waals surface area contributed by atoms with Crippen LogP contribution in [0.4, 0.5) is 5.69 Å². The lowest BCUT2D eigenvalue weighted by Gasteiger charge is -2.05. The van der Waals surface area contributed by atoms with Gasteiger partial charge in [-0.05, 0) is 24.8 Å². The summed E-state index contributed by atoms with van der Waals surface area (Å²) in [5.74, 6) is 0.725. The molecule has 0 aliphatic heterocycles. The Morgan fingerprint density at radius 1 is 1.47 bits per heavy atom. The second-order valence-corrected chi connectivity index (χ2v) is 5.34. The summed E-state index contributed by atoms with van der Waals surface area (Å²) >= 11 is 0. The molecular weight excluding hydrogens is 214 g/mol. The van der Waals surface area contributed by atoms with Gasteiger partial charge in [0.1, 0.15) is 4.90 Å². The van der Waals surface area contributed by atoms with Gasteiger partial charge in [-0.25, -0.2) is 13.6 Å². The van der Waals surface area contributed by atoms with E-state index < -0.39 is 10.0 Å². The highest BCUT2D eigenvalue weighted by atomic mass is 32.2. The summed E-state index contributed by atoms with van der Waals surface area (Å²) in [7, 11) is -3.65. The Labute approximate surface area is 88.8 Å². The van der Waals surface area contributed by atoms with Gasteiger partial charge in [-0.2, -0.15) is 0 Å². The molecule has 1 saturated carbocycles. The van der Waals surface area contributed by atoms with Crippen LogP contribution in [0.15, 0.2) is 23.4 Å². The Hall–Kier alpha value is -1.14. The van der Waals surface area contributed by atoms with Gasteiger partial charge in [-0.1, -0.05) is 0 Å². The van der Waals surface area contributed by atoms with Crippen molar-refractivity contribution >= 4 is 15.7 Å². The van der Waals surface area contributed by atoms with Crippen LogP contribution < -0.4 is 10.5 Å². The van der Waals surface area contributed by atoms with Gasteiger partial charge in [-0.15, -0.1) is 0 Å². The summed E-state index contributed by atoms with van der Waals surface area (Å²) in [5, 5.41) is 8.13. The minimum absolute atomic E-state index is 0.0447. The quantitative estimate of drug-likeness (QED) is 0.786. The van der Waals surface area contributed by atoms with Gasteiger partial charge in [0, 0.05) is 12.7 Å². The van der Waals surface area contributed by atoms with E-state index in [-0.39, 0.29) is 4.90 Å². The van der Waals surface area contributed by atoms with E-state index >= 15 is 0 Å². The number of nitrogens with zero attached hydrogens (tertiary/aromatic N) is 1. The Kier molecular flexibility index (Phi) is 2.62. The van der Waals surface area contributed by atoms with E-state index in [0.29, 0.717) is 5.69 Å². The molecule has 6 heteroatoms. The molecule has 0 radical (unpaired) electrons. The van der Waals surface area contributed by atoms with Gasteiger partial charge in [0.15, 0.2) is 0 Å². The fourth-order valence-corrected chi connectivity index (χ4v) is 1.75. The van der Waals surface area contributed by atoms with E-state index in [0.717, 1.165) is 12.5 Å². The van der Waals surface area contributed by atoms with Crippen LogP contribution in [0.5, 0.6) is 0 Å². The molecule has 0 amide bonds. The van der Waals surface area contributed by atoms with Crippen LogP contribution in [-0.2, 0) is 10.0 Å². The normalized spacial score (nSPS) is 16.3. The van der Waals surface area contributed by atoms with E-state index in [1.54, 1.807) is 6.20 Å². The highest BCUT2D eigenvalue weighted by Gasteiger charge is 2.20. The molecule has 3 N–H and O–H groups in total. The molecule has 15 heavy (non-hydrogen) atoms. The maximum Gasteiger partial charge on any atom is 0.239 e. The molecule has 0 bridgehead atoms. The van der Waals surface area contributed by atoms with Crippen LogP contribution in [0.1, 0.15) is 12.8 Å². The molecule has 5 nitrogen and oxygen atoms in total. The van der Waals surface area contributed by atoms with Gasteiger partial charge < -0.3 is 5.32 Å². The molecule has 1 aliphatic carbocycles. The predicted octanol–water partition coefficient (Wildman–Crippen LogP) is 0.551. The van der Waals surface area contributed by atoms with E-state index in [2.05, 4.69) is 10.3 Å². The number of primary sulfonamides is 1. The lowest BCUT2D eigenvalue weighted by molar-refractivity contribution is 0.597. The molecule has 1 aromatic heterocycles. The number of sulfonamides is 1. The molecule has 0 aromatic carbocycles. The lowest BCUT2D eigenvalue weighted by atomic mass is 10.3. The van der Waals surface area contributed by atoms with Crippen molar-refractivity contribution in [2.45, 2.75) is 17.7 Å². The topological polar surface area (TPSA) is 85.1 Å². The van der Waals surface area contributed by atoms with E-state index in [4.69, 9.17) is 5.14 Å². The number of pyridine rings is 1. The van der Waals surface area contributed by atoms with Crippen LogP contribution in [0.3, 0.4) is 0 Å². The first-order valence-electron chi connectivity index (χ1n) is 4.77. The molecule has 0 saturated heterocycles. The summed E-state index contributed by atoms with van der Waals surface area (Å²) in [4.78, 5) is 3.87. The summed E-state index contributed by atoms with van der Waals surface area (Å²) in [6.45, 7) is 0.871. The van der Waals surface area contributed by atoms with Crippen LogP contribution >= 0.6 is 0 Å².